The quantitative estimate of drug-likeness (QED) is 0.393. The number of aromatic nitrogens is 2. The number of hydrogen-bond donors (Lipinski definition) is 5. The van der Waals surface area contributed by atoms with Crippen LogP contribution in [0.25, 0.3) is 0 Å². The fourth-order valence-electron chi connectivity index (χ4n) is 3.32. The Hall–Kier alpha value is -1.29. The fraction of sp³-hybridized carbons (Fsp3) is 0.750. The maximum atomic E-state index is 12.3. The zero-order valence-corrected chi connectivity index (χ0v) is 16.4. The van der Waals surface area contributed by atoms with Crippen molar-refractivity contribution in [1.29, 1.82) is 0 Å². The van der Waals surface area contributed by atoms with Crippen LogP contribution in [-0.2, 0) is 9.09 Å². The van der Waals surface area contributed by atoms with Crippen molar-refractivity contribution >= 4 is 7.60 Å². The molecule has 11 heteroatoms. The minimum atomic E-state index is -4.31. The maximum Gasteiger partial charge on any atom is 0.359 e. The number of hydrogen-bond acceptors (Lipinski definition) is 7. The van der Waals surface area contributed by atoms with Crippen LogP contribution in [0.4, 0.5) is 0 Å². The van der Waals surface area contributed by atoms with Crippen molar-refractivity contribution in [2.75, 3.05) is 0 Å². The number of aliphatic hydroxyl groups excluding tert-OH is 2. The van der Waals surface area contributed by atoms with Gasteiger partial charge in [0.05, 0.1) is 18.2 Å². The molecule has 1 aromatic heterocycles. The van der Waals surface area contributed by atoms with Crippen LogP contribution in [0.5, 0.6) is 0 Å². The van der Waals surface area contributed by atoms with Crippen LogP contribution in [0.1, 0.15) is 46.1 Å². The van der Waals surface area contributed by atoms with Gasteiger partial charge in [-0.1, -0.05) is 6.92 Å². The number of nitrogens with zero attached hydrogens (tertiary/aromatic N) is 1. The van der Waals surface area contributed by atoms with Crippen molar-refractivity contribution in [2.24, 2.45) is 5.92 Å². The summed E-state index contributed by atoms with van der Waals surface area (Å²) in [6, 6.07) is 0.398. The zero-order chi connectivity index (χ0) is 20.6. The Labute approximate surface area is 156 Å². The van der Waals surface area contributed by atoms with Crippen LogP contribution >= 0.6 is 7.60 Å². The first-order chi connectivity index (χ1) is 12.4. The molecule has 7 atom stereocenters. The number of aliphatic hydroxyl groups is 3. The van der Waals surface area contributed by atoms with Gasteiger partial charge < -0.3 is 24.7 Å². The van der Waals surface area contributed by atoms with Crippen molar-refractivity contribution < 1.29 is 29.3 Å². The van der Waals surface area contributed by atoms with Crippen molar-refractivity contribution in [3.8, 4) is 0 Å². The number of nitrogens with one attached hydrogen (secondary N) is 1. The van der Waals surface area contributed by atoms with Gasteiger partial charge in [0.2, 0.25) is 0 Å². The molecular weight excluding hydrogens is 379 g/mol. The highest BCUT2D eigenvalue weighted by molar-refractivity contribution is 7.54. The summed E-state index contributed by atoms with van der Waals surface area (Å²) < 4.78 is 18.6. The summed E-state index contributed by atoms with van der Waals surface area (Å²) in [7, 11) is -4.31. The van der Waals surface area contributed by atoms with Gasteiger partial charge in [0.25, 0.3) is 5.56 Å². The van der Waals surface area contributed by atoms with Crippen LogP contribution in [0.15, 0.2) is 21.9 Å². The van der Waals surface area contributed by atoms with Crippen molar-refractivity contribution in [3.05, 3.63) is 33.1 Å². The molecule has 0 aliphatic heterocycles. The molecule has 0 radical (unpaired) electrons. The second-order valence-electron chi connectivity index (χ2n) is 7.30. The Morgan fingerprint density at radius 2 is 2.04 bits per heavy atom. The van der Waals surface area contributed by atoms with E-state index in [0.29, 0.717) is 0 Å². The van der Waals surface area contributed by atoms with Gasteiger partial charge in [0.1, 0.15) is 6.10 Å². The van der Waals surface area contributed by atoms with E-state index in [1.54, 1.807) is 6.92 Å². The summed E-state index contributed by atoms with van der Waals surface area (Å²) in [5, 5.41) is 28.7. The maximum absolute atomic E-state index is 12.3. The number of aromatic amines is 1. The molecule has 0 bridgehead atoms. The highest BCUT2D eigenvalue weighted by Gasteiger charge is 2.46. The highest BCUT2D eigenvalue weighted by atomic mass is 31.2. The molecular formula is C16H27N2O8P. The van der Waals surface area contributed by atoms with Crippen molar-refractivity contribution in [3.63, 3.8) is 0 Å². The lowest BCUT2D eigenvalue weighted by Crippen LogP contribution is -2.37. The van der Waals surface area contributed by atoms with E-state index in [9.17, 15) is 34.4 Å². The van der Waals surface area contributed by atoms with Gasteiger partial charge in [-0.3, -0.25) is 18.9 Å². The van der Waals surface area contributed by atoms with Gasteiger partial charge in [-0.15, -0.1) is 0 Å². The Balaban J connectivity index is 2.11. The van der Waals surface area contributed by atoms with Gasteiger partial charge in [-0.05, 0) is 39.0 Å². The van der Waals surface area contributed by atoms with E-state index in [1.165, 1.54) is 20.0 Å². The SMILES string of the molecule is CCC(C)(O)P(=O)(O)OC(C)CC1CC(n2ccc(=O)[nH]c2=O)[C@H](O)[C@@H]1O. The molecule has 2 rings (SSSR count). The molecule has 0 spiro atoms. The summed E-state index contributed by atoms with van der Waals surface area (Å²) in [5.74, 6) is -0.509. The molecule has 27 heavy (non-hydrogen) atoms. The van der Waals surface area contributed by atoms with Gasteiger partial charge in [0, 0.05) is 12.3 Å². The molecule has 1 heterocycles. The number of rotatable bonds is 7. The van der Waals surface area contributed by atoms with Crippen LogP contribution < -0.4 is 11.2 Å². The lowest BCUT2D eigenvalue weighted by Gasteiger charge is -2.30. The summed E-state index contributed by atoms with van der Waals surface area (Å²) >= 11 is 0. The predicted octanol–water partition coefficient (Wildman–Crippen LogP) is -0.0815. The van der Waals surface area contributed by atoms with E-state index < -0.39 is 54.5 Å². The van der Waals surface area contributed by atoms with E-state index in [1.807, 2.05) is 0 Å². The monoisotopic (exact) mass is 406 g/mol. The molecule has 1 aliphatic rings. The van der Waals surface area contributed by atoms with Crippen LogP contribution in [0.2, 0.25) is 0 Å². The molecule has 1 aromatic rings. The molecule has 0 saturated heterocycles. The first kappa shape index (κ1) is 22.0. The molecule has 1 saturated carbocycles. The van der Waals surface area contributed by atoms with Gasteiger partial charge >= 0.3 is 13.3 Å². The Morgan fingerprint density at radius 3 is 2.59 bits per heavy atom. The third-order valence-electron chi connectivity index (χ3n) is 5.22. The summed E-state index contributed by atoms with van der Waals surface area (Å²) in [4.78, 5) is 35.2. The van der Waals surface area contributed by atoms with E-state index >= 15 is 0 Å². The molecule has 5 unspecified atom stereocenters. The van der Waals surface area contributed by atoms with E-state index in [-0.39, 0.29) is 19.3 Å². The standard InChI is InChI=1S/C16H27N2O8P/c1-4-16(3,23)27(24,25)26-9(2)7-10-8-11(14(21)13(10)20)18-6-5-12(19)17-15(18)22/h5-6,9-11,13-14,20-21,23H,4,7-8H2,1-3H3,(H,24,25)(H,17,19,22)/t9?,10?,11?,13-,14+,16?/m1/s1. The third kappa shape index (κ3) is 4.59. The summed E-state index contributed by atoms with van der Waals surface area (Å²) in [6.07, 6.45) is -1.58. The van der Waals surface area contributed by atoms with Crippen molar-refractivity contribution in [1.82, 2.24) is 9.55 Å². The smallest absolute Gasteiger partial charge is 0.359 e. The normalized spacial score (nSPS) is 31.2. The van der Waals surface area contributed by atoms with Gasteiger partial charge in [-0.2, -0.15) is 0 Å². The van der Waals surface area contributed by atoms with E-state index in [0.717, 1.165) is 10.6 Å². The fourth-order valence-corrected chi connectivity index (χ4v) is 4.52. The van der Waals surface area contributed by atoms with Gasteiger partial charge in [0.15, 0.2) is 5.34 Å². The van der Waals surface area contributed by atoms with Crippen LogP contribution in [0, 0.1) is 5.92 Å². The average Bonchev–Trinajstić information content (AvgIpc) is 2.82. The largest absolute Gasteiger partial charge is 0.390 e. The molecule has 154 valence electrons. The third-order valence-corrected chi connectivity index (χ3v) is 7.40. The number of H-pyrrole nitrogens is 1. The Bertz CT molecular complexity index is 819. The molecule has 5 N–H and O–H groups in total. The summed E-state index contributed by atoms with van der Waals surface area (Å²) in [6.45, 7) is 4.31. The summed E-state index contributed by atoms with van der Waals surface area (Å²) in [5.41, 5.74) is -1.26. The van der Waals surface area contributed by atoms with Gasteiger partial charge in [-0.25, -0.2) is 4.79 Å². The lowest BCUT2D eigenvalue weighted by molar-refractivity contribution is -0.00357. The minimum absolute atomic E-state index is 0.0233. The Kier molecular flexibility index (Phi) is 6.51. The molecule has 1 fully saturated rings. The molecule has 0 amide bonds. The average molecular weight is 406 g/mol. The van der Waals surface area contributed by atoms with Crippen LogP contribution in [0.3, 0.4) is 0 Å². The van der Waals surface area contributed by atoms with E-state index in [2.05, 4.69) is 4.98 Å². The molecule has 1 aliphatic carbocycles. The van der Waals surface area contributed by atoms with E-state index in [4.69, 9.17) is 4.52 Å². The predicted molar refractivity (Wildman–Crippen MR) is 96.4 cm³/mol. The zero-order valence-electron chi connectivity index (χ0n) is 15.5. The minimum Gasteiger partial charge on any atom is -0.390 e. The second-order valence-corrected chi connectivity index (χ2v) is 9.52. The van der Waals surface area contributed by atoms with Crippen molar-refractivity contribution in [2.45, 2.75) is 69.7 Å². The first-order valence-corrected chi connectivity index (χ1v) is 10.4. The topological polar surface area (TPSA) is 162 Å². The highest BCUT2D eigenvalue weighted by Crippen LogP contribution is 2.56. The molecule has 0 aromatic carbocycles. The second kappa shape index (κ2) is 7.98. The van der Waals surface area contributed by atoms with Crippen LogP contribution in [-0.4, -0.2) is 53.4 Å². The Morgan fingerprint density at radius 1 is 1.41 bits per heavy atom. The lowest BCUT2D eigenvalue weighted by atomic mass is 9.98. The molecule has 10 nitrogen and oxygen atoms in total. The first-order valence-electron chi connectivity index (χ1n) is 8.81.